The molecule has 1 unspecified atom stereocenters. The fourth-order valence-corrected chi connectivity index (χ4v) is 1.87. The molecule has 0 bridgehead atoms. The molecule has 0 aliphatic carbocycles. The molecule has 0 aliphatic heterocycles. The van der Waals surface area contributed by atoms with Crippen molar-refractivity contribution in [3.8, 4) is 5.75 Å². The predicted octanol–water partition coefficient (Wildman–Crippen LogP) is 3.61. The Hall–Kier alpha value is -2.63. The van der Waals surface area contributed by atoms with Gasteiger partial charge in [0.1, 0.15) is 11.4 Å². The standard InChI is InChI=1S/C14H13FN2O3/c1-9(10-5-7-11(18)8-6-10)16-14-12(15)3-2-4-13(14)17(19)20/h2-9,16,18H,1H3. The number of hydrogen-bond acceptors (Lipinski definition) is 4. The van der Waals surface area contributed by atoms with Gasteiger partial charge in [-0.25, -0.2) is 4.39 Å². The van der Waals surface area contributed by atoms with Gasteiger partial charge in [0.15, 0.2) is 5.82 Å². The molecule has 6 heteroatoms. The van der Waals surface area contributed by atoms with E-state index in [1.807, 2.05) is 0 Å². The lowest BCUT2D eigenvalue weighted by atomic mass is 10.1. The van der Waals surface area contributed by atoms with Gasteiger partial charge in [0.05, 0.1) is 4.92 Å². The van der Waals surface area contributed by atoms with Gasteiger partial charge in [-0.05, 0) is 30.7 Å². The van der Waals surface area contributed by atoms with Crippen LogP contribution in [0, 0.1) is 15.9 Å². The first-order valence-corrected chi connectivity index (χ1v) is 5.97. The van der Waals surface area contributed by atoms with Crippen LogP contribution in [0.1, 0.15) is 18.5 Å². The fraction of sp³-hybridized carbons (Fsp3) is 0.143. The molecule has 2 aromatic rings. The first-order chi connectivity index (χ1) is 9.49. The predicted molar refractivity (Wildman–Crippen MR) is 73.2 cm³/mol. The molecular weight excluding hydrogens is 263 g/mol. The van der Waals surface area contributed by atoms with Gasteiger partial charge in [-0.3, -0.25) is 10.1 Å². The second-order valence-corrected chi connectivity index (χ2v) is 4.35. The van der Waals surface area contributed by atoms with Crippen molar-refractivity contribution in [2.75, 3.05) is 5.32 Å². The molecule has 0 amide bonds. The van der Waals surface area contributed by atoms with Crippen LogP contribution in [0.5, 0.6) is 5.75 Å². The maximum atomic E-state index is 13.7. The smallest absolute Gasteiger partial charge is 0.295 e. The Morgan fingerprint density at radius 2 is 1.90 bits per heavy atom. The Balaban J connectivity index is 2.30. The second-order valence-electron chi connectivity index (χ2n) is 4.35. The zero-order chi connectivity index (χ0) is 14.7. The number of para-hydroxylation sites is 1. The van der Waals surface area contributed by atoms with E-state index in [0.29, 0.717) is 0 Å². The van der Waals surface area contributed by atoms with E-state index in [4.69, 9.17) is 0 Å². The first kappa shape index (κ1) is 13.8. The molecule has 0 fully saturated rings. The van der Waals surface area contributed by atoms with E-state index in [9.17, 15) is 19.6 Å². The molecule has 0 aliphatic rings. The van der Waals surface area contributed by atoms with E-state index in [1.54, 1.807) is 19.1 Å². The second kappa shape index (κ2) is 5.56. The largest absolute Gasteiger partial charge is 0.508 e. The summed E-state index contributed by atoms with van der Waals surface area (Å²) in [5, 5.41) is 22.9. The minimum absolute atomic E-state index is 0.123. The Morgan fingerprint density at radius 1 is 1.25 bits per heavy atom. The number of nitro groups is 1. The maximum absolute atomic E-state index is 13.7. The number of nitrogens with zero attached hydrogens (tertiary/aromatic N) is 1. The van der Waals surface area contributed by atoms with E-state index in [2.05, 4.69) is 5.32 Å². The average molecular weight is 276 g/mol. The molecule has 2 N–H and O–H groups in total. The zero-order valence-electron chi connectivity index (χ0n) is 10.7. The third-order valence-corrected chi connectivity index (χ3v) is 2.94. The van der Waals surface area contributed by atoms with Crippen LogP contribution in [0.3, 0.4) is 0 Å². The molecule has 0 saturated carbocycles. The molecule has 104 valence electrons. The van der Waals surface area contributed by atoms with Gasteiger partial charge in [-0.15, -0.1) is 0 Å². The third-order valence-electron chi connectivity index (χ3n) is 2.94. The van der Waals surface area contributed by atoms with Crippen LogP contribution in [-0.4, -0.2) is 10.0 Å². The quantitative estimate of drug-likeness (QED) is 0.660. The van der Waals surface area contributed by atoms with Crippen LogP contribution < -0.4 is 5.32 Å². The third kappa shape index (κ3) is 2.85. The zero-order valence-corrected chi connectivity index (χ0v) is 10.7. The van der Waals surface area contributed by atoms with Gasteiger partial charge in [0, 0.05) is 12.1 Å². The van der Waals surface area contributed by atoms with E-state index < -0.39 is 10.7 Å². The van der Waals surface area contributed by atoms with Crippen molar-refractivity contribution in [1.29, 1.82) is 0 Å². The number of phenols is 1. The summed E-state index contributed by atoms with van der Waals surface area (Å²) in [5.41, 5.74) is 0.328. The monoisotopic (exact) mass is 276 g/mol. The first-order valence-electron chi connectivity index (χ1n) is 5.97. The summed E-state index contributed by atoms with van der Waals surface area (Å²) >= 11 is 0. The summed E-state index contributed by atoms with van der Waals surface area (Å²) in [6.07, 6.45) is 0. The fourth-order valence-electron chi connectivity index (χ4n) is 1.87. The van der Waals surface area contributed by atoms with Crippen molar-refractivity contribution >= 4 is 11.4 Å². The molecule has 5 nitrogen and oxygen atoms in total. The van der Waals surface area contributed by atoms with E-state index >= 15 is 0 Å². The lowest BCUT2D eigenvalue weighted by Crippen LogP contribution is -2.09. The number of phenolic OH excluding ortho intramolecular Hbond substituents is 1. The molecule has 0 saturated heterocycles. The molecule has 2 aromatic carbocycles. The van der Waals surface area contributed by atoms with Crippen LogP contribution >= 0.6 is 0 Å². The minimum atomic E-state index is -0.676. The van der Waals surface area contributed by atoms with Crippen LogP contribution in [-0.2, 0) is 0 Å². The lowest BCUT2D eigenvalue weighted by molar-refractivity contribution is -0.384. The minimum Gasteiger partial charge on any atom is -0.508 e. The Labute approximate surface area is 114 Å². The molecular formula is C14H13FN2O3. The average Bonchev–Trinajstić information content (AvgIpc) is 2.41. The molecule has 2 rings (SSSR count). The number of benzene rings is 2. The van der Waals surface area contributed by atoms with Crippen molar-refractivity contribution in [1.82, 2.24) is 0 Å². The summed E-state index contributed by atoms with van der Waals surface area (Å²) in [5.74, 6) is -0.553. The molecule has 0 aromatic heterocycles. The summed E-state index contributed by atoms with van der Waals surface area (Å²) in [6, 6.07) is 9.70. The Morgan fingerprint density at radius 3 is 2.50 bits per heavy atom. The van der Waals surface area contributed by atoms with Gasteiger partial charge >= 0.3 is 0 Å². The number of hydrogen-bond donors (Lipinski definition) is 2. The van der Waals surface area contributed by atoms with Gasteiger partial charge < -0.3 is 10.4 Å². The highest BCUT2D eigenvalue weighted by atomic mass is 19.1. The number of rotatable bonds is 4. The topological polar surface area (TPSA) is 75.4 Å². The summed E-state index contributed by atoms with van der Waals surface area (Å²) < 4.78 is 13.7. The maximum Gasteiger partial charge on any atom is 0.295 e. The number of anilines is 1. The van der Waals surface area contributed by atoms with Gasteiger partial charge in [-0.1, -0.05) is 18.2 Å². The number of aromatic hydroxyl groups is 1. The van der Waals surface area contributed by atoms with Crippen molar-refractivity contribution in [2.45, 2.75) is 13.0 Å². The van der Waals surface area contributed by atoms with Crippen LogP contribution in [0.25, 0.3) is 0 Å². The van der Waals surface area contributed by atoms with Gasteiger partial charge in [0.25, 0.3) is 5.69 Å². The number of nitrogens with one attached hydrogen (secondary N) is 1. The van der Waals surface area contributed by atoms with Gasteiger partial charge in [0.2, 0.25) is 0 Å². The van der Waals surface area contributed by atoms with Crippen molar-refractivity contribution in [2.24, 2.45) is 0 Å². The number of nitro benzene ring substituents is 1. The van der Waals surface area contributed by atoms with Crippen molar-refractivity contribution in [3.05, 3.63) is 64.0 Å². The molecule has 20 heavy (non-hydrogen) atoms. The molecule has 1 atom stereocenters. The van der Waals surface area contributed by atoms with Crippen molar-refractivity contribution < 1.29 is 14.4 Å². The number of halogens is 1. The normalized spacial score (nSPS) is 11.9. The van der Waals surface area contributed by atoms with Crippen LogP contribution in [0.4, 0.5) is 15.8 Å². The Kier molecular flexibility index (Phi) is 3.84. The molecule has 0 heterocycles. The summed E-state index contributed by atoms with van der Waals surface area (Å²) in [7, 11) is 0. The molecule has 0 spiro atoms. The Bertz CT molecular complexity index is 629. The summed E-state index contributed by atoms with van der Waals surface area (Å²) in [6.45, 7) is 1.75. The molecule has 0 radical (unpaired) electrons. The van der Waals surface area contributed by atoms with Gasteiger partial charge in [-0.2, -0.15) is 0 Å². The van der Waals surface area contributed by atoms with E-state index in [-0.39, 0.29) is 23.2 Å². The highest BCUT2D eigenvalue weighted by Crippen LogP contribution is 2.30. The van der Waals surface area contributed by atoms with Crippen molar-refractivity contribution in [3.63, 3.8) is 0 Å². The van der Waals surface area contributed by atoms with Crippen LogP contribution in [0.2, 0.25) is 0 Å². The SMILES string of the molecule is CC(Nc1c(F)cccc1[N+](=O)[O-])c1ccc(O)cc1. The highest BCUT2D eigenvalue weighted by Gasteiger charge is 2.19. The van der Waals surface area contributed by atoms with E-state index in [0.717, 1.165) is 5.56 Å². The van der Waals surface area contributed by atoms with E-state index in [1.165, 1.54) is 30.3 Å². The summed E-state index contributed by atoms with van der Waals surface area (Å²) in [4.78, 5) is 10.3. The highest BCUT2D eigenvalue weighted by molar-refractivity contribution is 5.63. The van der Waals surface area contributed by atoms with Crippen LogP contribution in [0.15, 0.2) is 42.5 Å². The lowest BCUT2D eigenvalue weighted by Gasteiger charge is -2.16.